The van der Waals surface area contributed by atoms with E-state index in [2.05, 4.69) is 39.6 Å². The zero-order valence-electron chi connectivity index (χ0n) is 11.1. The highest BCUT2D eigenvalue weighted by Crippen LogP contribution is 2.27. The number of nitrogens with zero attached hydrogens (tertiary/aromatic N) is 2. The monoisotopic (exact) mass is 332 g/mol. The van der Waals surface area contributed by atoms with E-state index in [4.69, 9.17) is 4.74 Å². The molecular weight excluding hydrogens is 312 g/mol. The first-order valence-corrected chi connectivity index (χ1v) is 8.64. The summed E-state index contributed by atoms with van der Waals surface area (Å²) in [6.07, 6.45) is 3.90. The molecule has 1 saturated heterocycles. The van der Waals surface area contributed by atoms with Crippen LogP contribution in [0.15, 0.2) is 4.47 Å². The Kier molecular flexibility index (Phi) is 5.57. The van der Waals surface area contributed by atoms with Crippen molar-refractivity contribution in [2.45, 2.75) is 51.5 Å². The topological polar surface area (TPSA) is 27.1 Å². The molecule has 0 spiro atoms. The lowest BCUT2D eigenvalue weighted by Gasteiger charge is -2.09. The molecule has 0 N–H and O–H groups in total. The van der Waals surface area contributed by atoms with Gasteiger partial charge < -0.3 is 4.74 Å². The normalized spacial score (nSPS) is 19.6. The minimum atomic E-state index is 0.470. The van der Waals surface area contributed by atoms with Crippen LogP contribution in [0, 0.1) is 0 Å². The highest BCUT2D eigenvalue weighted by atomic mass is 79.9. The second kappa shape index (κ2) is 6.96. The predicted octanol–water partition coefficient (Wildman–Crippen LogP) is 3.64. The minimum Gasteiger partial charge on any atom is -0.377 e. The quantitative estimate of drug-likeness (QED) is 0.795. The Balaban J connectivity index is 1.92. The van der Waals surface area contributed by atoms with Crippen LogP contribution in [-0.4, -0.2) is 28.2 Å². The van der Waals surface area contributed by atoms with Crippen molar-refractivity contribution in [2.75, 3.05) is 12.4 Å². The maximum Gasteiger partial charge on any atom is 0.0767 e. The molecule has 102 valence electrons. The lowest BCUT2D eigenvalue weighted by molar-refractivity contribution is 0.129. The van der Waals surface area contributed by atoms with Crippen molar-refractivity contribution in [1.29, 1.82) is 0 Å². The Morgan fingerprint density at radius 2 is 2.33 bits per heavy atom. The van der Waals surface area contributed by atoms with Crippen LogP contribution in [0.5, 0.6) is 0 Å². The summed E-state index contributed by atoms with van der Waals surface area (Å²) < 4.78 is 8.97. The van der Waals surface area contributed by atoms with Gasteiger partial charge in [-0.2, -0.15) is 16.9 Å². The van der Waals surface area contributed by atoms with Crippen LogP contribution in [0.3, 0.4) is 0 Å². The fourth-order valence-corrected chi connectivity index (χ4v) is 4.24. The molecule has 3 nitrogen and oxygen atoms in total. The number of aryl methyl sites for hydroxylation is 2. The van der Waals surface area contributed by atoms with E-state index in [9.17, 15) is 0 Å². The molecule has 1 fully saturated rings. The third kappa shape index (κ3) is 3.31. The van der Waals surface area contributed by atoms with E-state index < -0.39 is 0 Å². The summed E-state index contributed by atoms with van der Waals surface area (Å²) in [4.78, 5) is 0. The first-order valence-electron chi connectivity index (χ1n) is 6.69. The van der Waals surface area contributed by atoms with Crippen LogP contribution in [-0.2, 0) is 23.5 Å². The lowest BCUT2D eigenvalue weighted by Crippen LogP contribution is -2.09. The Hall–Kier alpha value is -0.0000000000000000555. The molecule has 0 radical (unpaired) electrons. The predicted molar refractivity (Wildman–Crippen MR) is 80.1 cm³/mol. The van der Waals surface area contributed by atoms with Gasteiger partial charge in [-0.3, -0.25) is 4.68 Å². The zero-order valence-corrected chi connectivity index (χ0v) is 13.5. The van der Waals surface area contributed by atoms with E-state index in [1.165, 1.54) is 28.7 Å². The van der Waals surface area contributed by atoms with E-state index >= 15 is 0 Å². The summed E-state index contributed by atoms with van der Waals surface area (Å²) in [6.45, 7) is 6.18. The van der Waals surface area contributed by atoms with Crippen LogP contribution < -0.4 is 0 Å². The van der Waals surface area contributed by atoms with Crippen molar-refractivity contribution >= 4 is 27.7 Å². The van der Waals surface area contributed by atoms with Gasteiger partial charge >= 0.3 is 0 Å². The van der Waals surface area contributed by atoms with E-state index in [1.807, 2.05) is 11.8 Å². The molecule has 1 unspecified atom stereocenters. The largest absolute Gasteiger partial charge is 0.377 e. The molecule has 0 bridgehead atoms. The number of thioether (sulfide) groups is 1. The van der Waals surface area contributed by atoms with Gasteiger partial charge in [0.05, 0.1) is 22.0 Å². The second-order valence-corrected chi connectivity index (χ2v) is 6.35. The average Bonchev–Trinajstić information content (AvgIpc) is 2.99. The zero-order chi connectivity index (χ0) is 13.0. The molecule has 2 rings (SSSR count). The first kappa shape index (κ1) is 14.4. The Morgan fingerprint density at radius 1 is 1.50 bits per heavy atom. The number of hydrogen-bond acceptors (Lipinski definition) is 3. The van der Waals surface area contributed by atoms with Crippen molar-refractivity contribution < 1.29 is 4.74 Å². The maximum atomic E-state index is 5.65. The van der Waals surface area contributed by atoms with Crippen LogP contribution in [0.25, 0.3) is 0 Å². The molecule has 0 amide bonds. The lowest BCUT2D eigenvalue weighted by atomic mass is 10.3. The summed E-state index contributed by atoms with van der Waals surface area (Å²) in [5, 5.41) is 4.62. The van der Waals surface area contributed by atoms with Gasteiger partial charge in [0.25, 0.3) is 0 Å². The van der Waals surface area contributed by atoms with Gasteiger partial charge in [-0.25, -0.2) is 0 Å². The molecule has 1 aromatic heterocycles. The fraction of sp³-hybridized carbons (Fsp3) is 0.769. The Labute approximate surface area is 122 Å². The smallest absolute Gasteiger partial charge is 0.0767 e. The molecule has 0 aliphatic carbocycles. The molecule has 5 heteroatoms. The highest BCUT2D eigenvalue weighted by molar-refractivity contribution is 9.10. The summed E-state index contributed by atoms with van der Waals surface area (Å²) in [5.41, 5.74) is 2.49. The van der Waals surface area contributed by atoms with E-state index in [-0.39, 0.29) is 0 Å². The third-order valence-electron chi connectivity index (χ3n) is 3.26. The van der Waals surface area contributed by atoms with Crippen LogP contribution >= 0.6 is 27.7 Å². The maximum absolute atomic E-state index is 5.65. The SMILES string of the molecule is CCc1nn(CC)c(CSCC2CCCO2)c1Br. The molecule has 0 aromatic carbocycles. The van der Waals surface area contributed by atoms with Crippen LogP contribution in [0.2, 0.25) is 0 Å². The van der Waals surface area contributed by atoms with Crippen LogP contribution in [0.1, 0.15) is 38.1 Å². The Bertz CT molecular complexity index is 389. The van der Waals surface area contributed by atoms with Crippen molar-refractivity contribution in [3.8, 4) is 0 Å². The molecule has 0 saturated carbocycles. The number of aromatic nitrogens is 2. The fourth-order valence-electron chi connectivity index (χ4n) is 2.22. The number of rotatable bonds is 6. The average molecular weight is 333 g/mol. The van der Waals surface area contributed by atoms with Crippen LogP contribution in [0.4, 0.5) is 0 Å². The van der Waals surface area contributed by atoms with E-state index in [1.54, 1.807) is 0 Å². The van der Waals surface area contributed by atoms with Gasteiger partial charge in [0, 0.05) is 24.7 Å². The standard InChI is InChI=1S/C13H21BrN2OS/c1-3-11-13(14)12(16(4-2)15-11)9-18-8-10-6-5-7-17-10/h10H,3-9H2,1-2H3. The summed E-state index contributed by atoms with van der Waals surface area (Å²) in [5.74, 6) is 2.12. The van der Waals surface area contributed by atoms with E-state index in [0.29, 0.717) is 6.10 Å². The summed E-state index contributed by atoms with van der Waals surface area (Å²) >= 11 is 5.64. The third-order valence-corrected chi connectivity index (χ3v) is 5.26. The van der Waals surface area contributed by atoms with Gasteiger partial charge in [-0.1, -0.05) is 6.92 Å². The molecule has 1 atom stereocenters. The molecule has 2 heterocycles. The highest BCUT2D eigenvalue weighted by Gasteiger charge is 2.17. The van der Waals surface area contributed by atoms with Gasteiger partial charge in [-0.05, 0) is 42.1 Å². The van der Waals surface area contributed by atoms with E-state index in [0.717, 1.165) is 31.1 Å². The Morgan fingerprint density at radius 3 is 2.94 bits per heavy atom. The number of hydrogen-bond donors (Lipinski definition) is 0. The van der Waals surface area contributed by atoms with Gasteiger partial charge in [0.2, 0.25) is 0 Å². The first-order chi connectivity index (χ1) is 8.76. The van der Waals surface area contributed by atoms with Crippen molar-refractivity contribution in [2.24, 2.45) is 0 Å². The summed E-state index contributed by atoms with van der Waals surface area (Å²) in [7, 11) is 0. The van der Waals surface area contributed by atoms with Gasteiger partial charge in [-0.15, -0.1) is 0 Å². The molecule has 1 aliphatic rings. The molecule has 18 heavy (non-hydrogen) atoms. The summed E-state index contributed by atoms with van der Waals surface area (Å²) in [6, 6.07) is 0. The van der Waals surface area contributed by atoms with Crippen molar-refractivity contribution in [1.82, 2.24) is 9.78 Å². The van der Waals surface area contributed by atoms with Gasteiger partial charge in [0.15, 0.2) is 0 Å². The van der Waals surface area contributed by atoms with Crippen molar-refractivity contribution in [3.05, 3.63) is 15.9 Å². The van der Waals surface area contributed by atoms with Crippen molar-refractivity contribution in [3.63, 3.8) is 0 Å². The molecular formula is C13H21BrN2OS. The minimum absolute atomic E-state index is 0.470. The number of halogens is 1. The second-order valence-electron chi connectivity index (χ2n) is 4.53. The molecule has 1 aromatic rings. The number of ether oxygens (including phenoxy) is 1. The molecule has 1 aliphatic heterocycles. The van der Waals surface area contributed by atoms with Gasteiger partial charge in [0.1, 0.15) is 0 Å².